The third kappa shape index (κ3) is 4.32. The van der Waals surface area contributed by atoms with Crippen molar-refractivity contribution in [2.45, 2.75) is 39.9 Å². The summed E-state index contributed by atoms with van der Waals surface area (Å²) in [5, 5.41) is 0. The van der Waals surface area contributed by atoms with E-state index in [9.17, 15) is 4.79 Å². The molecule has 0 radical (unpaired) electrons. The van der Waals surface area contributed by atoms with Crippen LogP contribution in [0.4, 0.5) is 0 Å². The molecule has 0 unspecified atom stereocenters. The van der Waals surface area contributed by atoms with Crippen molar-refractivity contribution in [1.29, 1.82) is 0 Å². The van der Waals surface area contributed by atoms with Gasteiger partial charge in [-0.25, -0.2) is 0 Å². The van der Waals surface area contributed by atoms with Gasteiger partial charge in [0.15, 0.2) is 6.29 Å². The fourth-order valence-corrected chi connectivity index (χ4v) is 2.89. The van der Waals surface area contributed by atoms with E-state index in [2.05, 4.69) is 19.1 Å². The Morgan fingerprint density at radius 1 is 1.08 bits per heavy atom. The number of hydrogen-bond acceptors (Lipinski definition) is 4. The molecule has 26 heavy (non-hydrogen) atoms. The summed E-state index contributed by atoms with van der Waals surface area (Å²) in [6.45, 7) is 6.49. The highest BCUT2D eigenvalue weighted by molar-refractivity contribution is 5.79. The number of ether oxygens (including phenoxy) is 3. The minimum atomic E-state index is -0.816. The van der Waals surface area contributed by atoms with Gasteiger partial charge >= 0.3 is 5.97 Å². The van der Waals surface area contributed by atoms with Gasteiger partial charge < -0.3 is 14.2 Å². The summed E-state index contributed by atoms with van der Waals surface area (Å²) < 4.78 is 17.2. The monoisotopic (exact) mass is 354 g/mol. The number of carbonyl (C=O) groups excluding carboxylic acids is 1. The number of carbonyl (C=O) groups is 1. The van der Waals surface area contributed by atoms with Gasteiger partial charge in [-0.15, -0.1) is 0 Å². The average Bonchev–Trinajstić information content (AvgIpc) is 2.65. The van der Waals surface area contributed by atoms with Crippen LogP contribution in [0.3, 0.4) is 0 Å². The van der Waals surface area contributed by atoms with E-state index in [0.29, 0.717) is 5.75 Å². The number of benzene rings is 2. The molecule has 0 saturated carbocycles. The smallest absolute Gasteiger partial charge is 0.321 e. The first-order valence-corrected chi connectivity index (χ1v) is 9.11. The Morgan fingerprint density at radius 3 is 2.27 bits per heavy atom. The molecule has 0 spiro atoms. The summed E-state index contributed by atoms with van der Waals surface area (Å²) in [7, 11) is 0. The molecule has 0 atom stereocenters. The van der Waals surface area contributed by atoms with Gasteiger partial charge in [-0.3, -0.25) is 4.79 Å². The lowest BCUT2D eigenvalue weighted by atomic mass is 9.92. The molecule has 1 heterocycles. The maximum absolute atomic E-state index is 12.6. The predicted octanol–water partition coefficient (Wildman–Crippen LogP) is 4.60. The minimum Gasteiger partial charge on any atom is -0.426 e. The van der Waals surface area contributed by atoms with E-state index in [1.165, 1.54) is 5.56 Å². The fourth-order valence-electron chi connectivity index (χ4n) is 2.89. The van der Waals surface area contributed by atoms with Crippen LogP contribution in [0.15, 0.2) is 48.5 Å². The molecule has 0 bridgehead atoms. The molecule has 1 fully saturated rings. The Bertz CT molecular complexity index is 726. The van der Waals surface area contributed by atoms with Crippen LogP contribution < -0.4 is 4.74 Å². The Kier molecular flexibility index (Phi) is 5.74. The lowest BCUT2D eigenvalue weighted by Gasteiger charge is -2.35. The first-order valence-electron chi connectivity index (χ1n) is 9.11. The van der Waals surface area contributed by atoms with Gasteiger partial charge in [0.1, 0.15) is 11.2 Å². The molecule has 0 N–H and O–H groups in total. The second-order valence-corrected chi connectivity index (χ2v) is 7.21. The highest BCUT2D eigenvalue weighted by Crippen LogP contribution is 2.33. The van der Waals surface area contributed by atoms with Crippen molar-refractivity contribution >= 4 is 5.97 Å². The van der Waals surface area contributed by atoms with Crippen molar-refractivity contribution in [2.75, 3.05) is 13.2 Å². The first-order chi connectivity index (χ1) is 12.5. The third-order valence-electron chi connectivity index (χ3n) is 4.62. The van der Waals surface area contributed by atoms with Gasteiger partial charge in [0, 0.05) is 5.56 Å². The minimum absolute atomic E-state index is 0.263. The number of hydrogen-bond donors (Lipinski definition) is 0. The molecular formula is C22H26O4. The third-order valence-corrected chi connectivity index (χ3v) is 4.62. The topological polar surface area (TPSA) is 44.8 Å². The maximum Gasteiger partial charge on any atom is 0.321 e. The van der Waals surface area contributed by atoms with Gasteiger partial charge in [-0.1, -0.05) is 55.3 Å². The molecule has 0 amide bonds. The van der Waals surface area contributed by atoms with Crippen LogP contribution in [-0.2, 0) is 20.7 Å². The van der Waals surface area contributed by atoms with Crippen LogP contribution in [0.5, 0.6) is 5.75 Å². The molecule has 0 aliphatic carbocycles. The van der Waals surface area contributed by atoms with E-state index >= 15 is 0 Å². The summed E-state index contributed by atoms with van der Waals surface area (Å²) in [4.78, 5) is 12.6. The molecule has 1 aliphatic heterocycles. The zero-order valence-corrected chi connectivity index (χ0v) is 15.7. The molecule has 2 aromatic carbocycles. The molecule has 4 heteroatoms. The molecule has 1 aliphatic rings. The van der Waals surface area contributed by atoms with E-state index < -0.39 is 11.7 Å². The van der Waals surface area contributed by atoms with Crippen molar-refractivity contribution in [3.8, 4) is 5.75 Å². The fraction of sp³-hybridized carbons (Fsp3) is 0.409. The standard InChI is InChI=1S/C22H26O4/c1-4-5-17-8-10-18(11-9-17)20-24-14-22(3,15-25-20)21(23)26-19-12-6-16(2)7-13-19/h6-13,20H,4-5,14-15H2,1-3H3/t20-,22+. The number of aryl methyl sites for hydroxylation is 2. The lowest BCUT2D eigenvalue weighted by Crippen LogP contribution is -2.44. The molecule has 4 nitrogen and oxygen atoms in total. The summed E-state index contributed by atoms with van der Waals surface area (Å²) >= 11 is 0. The normalized spacial score (nSPS) is 22.8. The largest absolute Gasteiger partial charge is 0.426 e. The molecular weight excluding hydrogens is 328 g/mol. The summed E-state index contributed by atoms with van der Waals surface area (Å²) in [6, 6.07) is 15.7. The molecule has 3 rings (SSSR count). The van der Waals surface area contributed by atoms with Crippen LogP contribution in [0.25, 0.3) is 0 Å². The maximum atomic E-state index is 12.6. The Hall–Kier alpha value is -2.17. The van der Waals surface area contributed by atoms with Gasteiger partial charge in [-0.05, 0) is 38.0 Å². The zero-order valence-electron chi connectivity index (χ0n) is 15.7. The Morgan fingerprint density at radius 2 is 1.69 bits per heavy atom. The van der Waals surface area contributed by atoms with E-state index in [-0.39, 0.29) is 19.2 Å². The SMILES string of the molecule is CCCc1ccc([C@H]2OC[C@@](C)(C(=O)Oc3ccc(C)cc3)CO2)cc1. The molecule has 138 valence electrons. The van der Waals surface area contributed by atoms with Crippen molar-refractivity contribution < 1.29 is 19.0 Å². The van der Waals surface area contributed by atoms with Crippen molar-refractivity contribution in [1.82, 2.24) is 0 Å². The van der Waals surface area contributed by atoms with Crippen LogP contribution in [0.1, 0.15) is 43.2 Å². The van der Waals surface area contributed by atoms with Gasteiger partial charge in [-0.2, -0.15) is 0 Å². The molecule has 2 aromatic rings. The molecule has 0 aromatic heterocycles. The van der Waals surface area contributed by atoms with Crippen molar-refractivity contribution in [2.24, 2.45) is 5.41 Å². The zero-order chi connectivity index (χ0) is 18.6. The van der Waals surface area contributed by atoms with E-state index in [4.69, 9.17) is 14.2 Å². The van der Waals surface area contributed by atoms with Crippen molar-refractivity contribution in [3.63, 3.8) is 0 Å². The first kappa shape index (κ1) is 18.6. The summed E-state index contributed by atoms with van der Waals surface area (Å²) in [5.41, 5.74) is 2.58. The van der Waals surface area contributed by atoms with E-state index in [1.54, 1.807) is 12.1 Å². The van der Waals surface area contributed by atoms with Crippen LogP contribution in [0, 0.1) is 12.3 Å². The predicted molar refractivity (Wildman–Crippen MR) is 100 cm³/mol. The molecule has 1 saturated heterocycles. The van der Waals surface area contributed by atoms with E-state index in [1.807, 2.05) is 38.1 Å². The summed E-state index contributed by atoms with van der Waals surface area (Å²) in [5.74, 6) is 0.202. The van der Waals surface area contributed by atoms with Crippen LogP contribution >= 0.6 is 0 Å². The quantitative estimate of drug-likeness (QED) is 0.581. The number of esters is 1. The summed E-state index contributed by atoms with van der Waals surface area (Å²) in [6.07, 6.45) is 1.75. The highest BCUT2D eigenvalue weighted by atomic mass is 16.7. The second-order valence-electron chi connectivity index (χ2n) is 7.21. The Balaban J connectivity index is 1.59. The second kappa shape index (κ2) is 8.02. The van der Waals surface area contributed by atoms with E-state index in [0.717, 1.165) is 24.0 Å². The number of rotatable bonds is 5. The van der Waals surface area contributed by atoms with Gasteiger partial charge in [0.2, 0.25) is 0 Å². The van der Waals surface area contributed by atoms with Crippen molar-refractivity contribution in [3.05, 3.63) is 65.2 Å². The van der Waals surface area contributed by atoms with Crippen LogP contribution in [0.2, 0.25) is 0 Å². The van der Waals surface area contributed by atoms with Crippen LogP contribution in [-0.4, -0.2) is 19.2 Å². The Labute approximate surface area is 155 Å². The van der Waals surface area contributed by atoms with Gasteiger partial charge in [0.05, 0.1) is 13.2 Å². The van der Waals surface area contributed by atoms with Gasteiger partial charge in [0.25, 0.3) is 0 Å². The lowest BCUT2D eigenvalue weighted by molar-refractivity contribution is -0.233. The highest BCUT2D eigenvalue weighted by Gasteiger charge is 2.41. The average molecular weight is 354 g/mol.